The van der Waals surface area contributed by atoms with Gasteiger partial charge in [0.1, 0.15) is 0 Å². The molecule has 0 spiro atoms. The Kier molecular flexibility index (Phi) is 4.94. The van der Waals surface area contributed by atoms with Crippen LogP contribution >= 0.6 is 23.4 Å². The van der Waals surface area contributed by atoms with Gasteiger partial charge < -0.3 is 10.0 Å². The number of piperidine rings is 1. The minimum absolute atomic E-state index is 0.183. The summed E-state index contributed by atoms with van der Waals surface area (Å²) in [5.41, 5.74) is 0.449. The lowest BCUT2D eigenvalue weighted by Crippen LogP contribution is -2.42. The summed E-state index contributed by atoms with van der Waals surface area (Å²) >= 11 is 7.63. The zero-order valence-electron chi connectivity index (χ0n) is 11.1. The highest BCUT2D eigenvalue weighted by molar-refractivity contribution is 7.98. The van der Waals surface area contributed by atoms with E-state index in [1.807, 2.05) is 12.3 Å². The van der Waals surface area contributed by atoms with Gasteiger partial charge in [0.05, 0.1) is 16.5 Å². The van der Waals surface area contributed by atoms with Crippen molar-refractivity contribution < 1.29 is 14.7 Å². The maximum absolute atomic E-state index is 12.5. The van der Waals surface area contributed by atoms with E-state index in [2.05, 4.69) is 0 Å². The van der Waals surface area contributed by atoms with Crippen LogP contribution in [0.5, 0.6) is 0 Å². The Bertz CT molecular complexity index is 535. The van der Waals surface area contributed by atoms with Crippen LogP contribution in [-0.4, -0.2) is 41.2 Å². The number of likely N-dealkylation sites (tertiary alicyclic amines) is 1. The van der Waals surface area contributed by atoms with Crippen LogP contribution in [-0.2, 0) is 4.79 Å². The van der Waals surface area contributed by atoms with Gasteiger partial charge in [0.2, 0.25) is 0 Å². The molecule has 108 valence electrons. The van der Waals surface area contributed by atoms with Gasteiger partial charge in [0.25, 0.3) is 5.91 Å². The van der Waals surface area contributed by atoms with Gasteiger partial charge in [-0.15, -0.1) is 11.8 Å². The van der Waals surface area contributed by atoms with Gasteiger partial charge in [-0.05, 0) is 37.3 Å². The van der Waals surface area contributed by atoms with Crippen molar-refractivity contribution in [1.29, 1.82) is 0 Å². The maximum atomic E-state index is 12.5. The van der Waals surface area contributed by atoms with Gasteiger partial charge in [-0.25, -0.2) is 0 Å². The Morgan fingerprint density at radius 2 is 2.20 bits per heavy atom. The molecule has 0 radical (unpaired) electrons. The number of rotatable bonds is 3. The molecule has 0 aliphatic carbocycles. The Hall–Kier alpha value is -1.20. The second-order valence-electron chi connectivity index (χ2n) is 4.77. The molecule has 1 atom stereocenters. The van der Waals surface area contributed by atoms with Crippen LogP contribution in [0.25, 0.3) is 0 Å². The van der Waals surface area contributed by atoms with Crippen molar-refractivity contribution in [2.75, 3.05) is 19.3 Å². The van der Waals surface area contributed by atoms with E-state index in [1.165, 1.54) is 11.8 Å². The molecule has 1 heterocycles. The van der Waals surface area contributed by atoms with Gasteiger partial charge in [0.15, 0.2) is 0 Å². The first-order valence-electron chi connectivity index (χ1n) is 6.38. The number of benzene rings is 1. The number of carboxylic acids is 1. The SMILES string of the molecule is CSc1ccc(Cl)c(C(=O)N2CCC[C@@H](C(=O)O)C2)c1. The standard InChI is InChI=1S/C14H16ClNO3S/c1-20-10-4-5-12(15)11(7-10)13(17)16-6-2-3-9(8-16)14(18)19/h4-5,7,9H,2-3,6,8H2,1H3,(H,18,19)/t9-/m1/s1. The van der Waals surface area contributed by atoms with Crippen molar-refractivity contribution in [1.82, 2.24) is 4.90 Å². The van der Waals surface area contributed by atoms with Crippen LogP contribution in [0.2, 0.25) is 5.02 Å². The number of thioether (sulfide) groups is 1. The Morgan fingerprint density at radius 1 is 1.45 bits per heavy atom. The van der Waals surface area contributed by atoms with E-state index in [0.29, 0.717) is 30.0 Å². The first-order valence-corrected chi connectivity index (χ1v) is 7.99. The lowest BCUT2D eigenvalue weighted by atomic mass is 9.97. The molecule has 1 aromatic carbocycles. The highest BCUT2D eigenvalue weighted by atomic mass is 35.5. The monoisotopic (exact) mass is 313 g/mol. The van der Waals surface area contributed by atoms with E-state index in [4.69, 9.17) is 16.7 Å². The molecule has 4 nitrogen and oxygen atoms in total. The summed E-state index contributed by atoms with van der Waals surface area (Å²) in [5.74, 6) is -1.50. The number of carbonyl (C=O) groups excluding carboxylic acids is 1. The topological polar surface area (TPSA) is 57.6 Å². The molecule has 0 saturated carbocycles. The Morgan fingerprint density at radius 3 is 2.85 bits per heavy atom. The van der Waals surface area contributed by atoms with Gasteiger partial charge in [-0.2, -0.15) is 0 Å². The summed E-state index contributed by atoms with van der Waals surface area (Å²) in [6.07, 6.45) is 3.26. The molecule has 0 aromatic heterocycles. The van der Waals surface area contributed by atoms with Crippen molar-refractivity contribution in [2.24, 2.45) is 5.92 Å². The molecule has 0 unspecified atom stereocenters. The molecule has 6 heteroatoms. The third-order valence-corrected chi connectivity index (χ3v) is 4.52. The summed E-state index contributed by atoms with van der Waals surface area (Å²) in [6, 6.07) is 5.33. The minimum atomic E-state index is -0.841. The summed E-state index contributed by atoms with van der Waals surface area (Å²) in [7, 11) is 0. The largest absolute Gasteiger partial charge is 0.481 e. The highest BCUT2D eigenvalue weighted by Gasteiger charge is 2.29. The number of carboxylic acid groups (broad SMARTS) is 1. The van der Waals surface area contributed by atoms with Gasteiger partial charge in [-0.1, -0.05) is 11.6 Å². The quantitative estimate of drug-likeness (QED) is 0.872. The third-order valence-electron chi connectivity index (χ3n) is 3.46. The highest BCUT2D eigenvalue weighted by Crippen LogP contribution is 2.26. The summed E-state index contributed by atoms with van der Waals surface area (Å²) < 4.78 is 0. The fraction of sp³-hybridized carbons (Fsp3) is 0.429. The number of amides is 1. The number of aliphatic carboxylic acids is 1. The van der Waals surface area contributed by atoms with Crippen LogP contribution in [0, 0.1) is 5.92 Å². The van der Waals surface area contributed by atoms with Crippen LogP contribution in [0.1, 0.15) is 23.2 Å². The van der Waals surface area contributed by atoms with Crippen LogP contribution < -0.4 is 0 Å². The summed E-state index contributed by atoms with van der Waals surface area (Å²) in [5, 5.41) is 9.49. The number of hydrogen-bond donors (Lipinski definition) is 1. The van der Waals surface area contributed by atoms with Gasteiger partial charge in [-0.3, -0.25) is 9.59 Å². The first kappa shape index (κ1) is 15.2. The fourth-order valence-corrected chi connectivity index (χ4v) is 2.97. The molecule has 1 aliphatic heterocycles. The second kappa shape index (κ2) is 6.50. The molecule has 2 rings (SSSR count). The Labute approximate surface area is 127 Å². The number of nitrogens with zero attached hydrogens (tertiary/aromatic N) is 1. The molecule has 1 aromatic rings. The molecule has 1 fully saturated rings. The predicted octanol–water partition coefficient (Wildman–Crippen LogP) is 3.00. The van der Waals surface area contributed by atoms with Crippen LogP contribution in [0.4, 0.5) is 0 Å². The van der Waals surface area contributed by atoms with Crippen molar-refractivity contribution in [3.8, 4) is 0 Å². The van der Waals surface area contributed by atoms with Gasteiger partial charge in [0, 0.05) is 18.0 Å². The first-order chi connectivity index (χ1) is 9.52. The number of carbonyl (C=O) groups is 2. The fourth-order valence-electron chi connectivity index (χ4n) is 2.33. The molecule has 1 saturated heterocycles. The molecule has 20 heavy (non-hydrogen) atoms. The second-order valence-corrected chi connectivity index (χ2v) is 6.06. The van der Waals surface area contributed by atoms with Crippen molar-refractivity contribution >= 4 is 35.2 Å². The lowest BCUT2D eigenvalue weighted by molar-refractivity contribution is -0.143. The molecule has 1 N–H and O–H groups in total. The smallest absolute Gasteiger partial charge is 0.308 e. The molecule has 1 amide bonds. The lowest BCUT2D eigenvalue weighted by Gasteiger charge is -2.31. The average Bonchev–Trinajstić information content (AvgIpc) is 2.47. The van der Waals surface area contributed by atoms with E-state index in [9.17, 15) is 9.59 Å². The van der Waals surface area contributed by atoms with E-state index < -0.39 is 11.9 Å². The third kappa shape index (κ3) is 3.27. The van der Waals surface area contributed by atoms with Gasteiger partial charge >= 0.3 is 5.97 Å². The molecular weight excluding hydrogens is 298 g/mol. The minimum Gasteiger partial charge on any atom is -0.481 e. The zero-order chi connectivity index (χ0) is 14.7. The van der Waals surface area contributed by atoms with Crippen LogP contribution in [0.15, 0.2) is 23.1 Å². The average molecular weight is 314 g/mol. The van der Waals surface area contributed by atoms with E-state index in [1.54, 1.807) is 17.0 Å². The van der Waals surface area contributed by atoms with E-state index >= 15 is 0 Å². The summed E-state index contributed by atoms with van der Waals surface area (Å²) in [4.78, 5) is 26.1. The van der Waals surface area contributed by atoms with Crippen LogP contribution in [0.3, 0.4) is 0 Å². The van der Waals surface area contributed by atoms with Crippen molar-refractivity contribution in [3.63, 3.8) is 0 Å². The summed E-state index contributed by atoms with van der Waals surface area (Å²) in [6.45, 7) is 0.844. The van der Waals surface area contributed by atoms with E-state index in [-0.39, 0.29) is 12.5 Å². The number of hydrogen-bond acceptors (Lipinski definition) is 3. The van der Waals surface area contributed by atoms with E-state index in [0.717, 1.165) is 4.90 Å². The Balaban J connectivity index is 2.20. The molecule has 0 bridgehead atoms. The van der Waals surface area contributed by atoms with Crippen molar-refractivity contribution in [3.05, 3.63) is 28.8 Å². The molecular formula is C14H16ClNO3S. The van der Waals surface area contributed by atoms with Crippen molar-refractivity contribution in [2.45, 2.75) is 17.7 Å². The zero-order valence-corrected chi connectivity index (χ0v) is 12.7. The normalized spacial score (nSPS) is 18.9. The predicted molar refractivity (Wildman–Crippen MR) is 79.5 cm³/mol. The number of halogens is 1. The molecule has 1 aliphatic rings. The maximum Gasteiger partial charge on any atom is 0.308 e.